The van der Waals surface area contributed by atoms with Gasteiger partial charge in [-0.2, -0.15) is 0 Å². The Labute approximate surface area is 111 Å². The molecule has 19 heavy (non-hydrogen) atoms. The van der Waals surface area contributed by atoms with Gasteiger partial charge in [-0.25, -0.2) is 13.2 Å². The van der Waals surface area contributed by atoms with Crippen LogP contribution in [0.15, 0.2) is 12.1 Å². The van der Waals surface area contributed by atoms with E-state index in [0.717, 1.165) is 18.6 Å². The van der Waals surface area contributed by atoms with E-state index in [1.54, 1.807) is 4.90 Å². The molecule has 5 heteroatoms. The SMILES string of the molecule is CCC1CNC(C)(C)CN1c1c(F)cc(F)cc1F. The number of rotatable bonds is 2. The highest BCUT2D eigenvalue weighted by Crippen LogP contribution is 2.30. The minimum Gasteiger partial charge on any atom is -0.361 e. The second-order valence-corrected chi connectivity index (χ2v) is 5.67. The molecule has 1 saturated heterocycles. The smallest absolute Gasteiger partial charge is 0.152 e. The number of anilines is 1. The van der Waals surface area contributed by atoms with Crippen molar-refractivity contribution in [1.82, 2.24) is 5.32 Å². The Hall–Kier alpha value is -1.23. The third kappa shape index (κ3) is 2.86. The Balaban J connectivity index is 2.42. The molecule has 0 aromatic heterocycles. The van der Waals surface area contributed by atoms with E-state index >= 15 is 0 Å². The van der Waals surface area contributed by atoms with Crippen LogP contribution in [0, 0.1) is 17.5 Å². The predicted molar refractivity (Wildman–Crippen MR) is 69.8 cm³/mol. The van der Waals surface area contributed by atoms with Crippen LogP contribution in [0.25, 0.3) is 0 Å². The molecule has 2 rings (SSSR count). The van der Waals surface area contributed by atoms with Gasteiger partial charge in [0.05, 0.1) is 0 Å². The summed E-state index contributed by atoms with van der Waals surface area (Å²) in [6, 6.07) is 1.47. The van der Waals surface area contributed by atoms with Crippen molar-refractivity contribution in [3.63, 3.8) is 0 Å². The van der Waals surface area contributed by atoms with Crippen LogP contribution < -0.4 is 10.2 Å². The molecular formula is C14H19F3N2. The highest BCUT2D eigenvalue weighted by atomic mass is 19.1. The average Bonchev–Trinajstić information content (AvgIpc) is 2.26. The van der Waals surface area contributed by atoms with E-state index in [0.29, 0.717) is 13.1 Å². The van der Waals surface area contributed by atoms with E-state index in [1.165, 1.54) is 0 Å². The third-order valence-electron chi connectivity index (χ3n) is 3.56. The van der Waals surface area contributed by atoms with Gasteiger partial charge < -0.3 is 10.2 Å². The van der Waals surface area contributed by atoms with Crippen molar-refractivity contribution in [3.05, 3.63) is 29.6 Å². The van der Waals surface area contributed by atoms with E-state index in [2.05, 4.69) is 5.32 Å². The second-order valence-electron chi connectivity index (χ2n) is 5.67. The normalized spacial score (nSPS) is 22.6. The summed E-state index contributed by atoms with van der Waals surface area (Å²) in [5.41, 5.74) is -0.360. The van der Waals surface area contributed by atoms with E-state index in [9.17, 15) is 13.2 Å². The molecule has 1 unspecified atom stereocenters. The quantitative estimate of drug-likeness (QED) is 0.890. The van der Waals surface area contributed by atoms with E-state index in [4.69, 9.17) is 0 Å². The number of nitrogens with one attached hydrogen (secondary N) is 1. The largest absolute Gasteiger partial charge is 0.361 e. The van der Waals surface area contributed by atoms with Crippen molar-refractivity contribution >= 4 is 5.69 Å². The molecule has 0 amide bonds. The molecule has 1 aromatic carbocycles. The lowest BCUT2D eigenvalue weighted by molar-refractivity contribution is 0.302. The molecule has 2 nitrogen and oxygen atoms in total. The Morgan fingerprint density at radius 2 is 1.84 bits per heavy atom. The van der Waals surface area contributed by atoms with Crippen molar-refractivity contribution in [2.75, 3.05) is 18.0 Å². The third-order valence-corrected chi connectivity index (χ3v) is 3.56. The summed E-state index contributed by atoms with van der Waals surface area (Å²) in [5, 5.41) is 3.35. The van der Waals surface area contributed by atoms with Crippen LogP contribution in [0.4, 0.5) is 18.9 Å². The summed E-state index contributed by atoms with van der Waals surface area (Å²) in [5.74, 6) is -2.57. The molecule has 1 aromatic rings. The molecule has 0 spiro atoms. The van der Waals surface area contributed by atoms with Crippen LogP contribution in [0.5, 0.6) is 0 Å². The van der Waals surface area contributed by atoms with Gasteiger partial charge in [0, 0.05) is 36.8 Å². The van der Waals surface area contributed by atoms with Crippen molar-refractivity contribution in [3.8, 4) is 0 Å². The van der Waals surface area contributed by atoms with Gasteiger partial charge >= 0.3 is 0 Å². The van der Waals surface area contributed by atoms with Gasteiger partial charge in [0.25, 0.3) is 0 Å². The van der Waals surface area contributed by atoms with Crippen LogP contribution in [0.1, 0.15) is 27.2 Å². The first-order chi connectivity index (χ1) is 8.84. The molecule has 1 fully saturated rings. The number of hydrogen-bond donors (Lipinski definition) is 1. The molecule has 1 aliphatic rings. The Morgan fingerprint density at radius 1 is 1.26 bits per heavy atom. The van der Waals surface area contributed by atoms with Crippen LogP contribution in [-0.4, -0.2) is 24.7 Å². The zero-order valence-corrected chi connectivity index (χ0v) is 11.4. The van der Waals surface area contributed by atoms with E-state index in [-0.39, 0.29) is 17.3 Å². The summed E-state index contributed by atoms with van der Waals surface area (Å²) in [7, 11) is 0. The molecule has 1 N–H and O–H groups in total. The summed E-state index contributed by atoms with van der Waals surface area (Å²) in [6.07, 6.45) is 0.763. The number of benzene rings is 1. The topological polar surface area (TPSA) is 15.3 Å². The summed E-state index contributed by atoms with van der Waals surface area (Å²) in [6.45, 7) is 7.05. The van der Waals surface area contributed by atoms with Gasteiger partial charge in [0.1, 0.15) is 11.5 Å². The summed E-state index contributed by atoms with van der Waals surface area (Å²) >= 11 is 0. The number of hydrogen-bond acceptors (Lipinski definition) is 2. The molecule has 1 aliphatic heterocycles. The summed E-state index contributed by atoms with van der Waals surface area (Å²) < 4.78 is 40.8. The Kier molecular flexibility index (Phi) is 3.76. The average molecular weight is 272 g/mol. The van der Waals surface area contributed by atoms with Gasteiger partial charge in [-0.15, -0.1) is 0 Å². The van der Waals surface area contributed by atoms with Crippen LogP contribution in [0.3, 0.4) is 0 Å². The van der Waals surface area contributed by atoms with Gasteiger partial charge in [-0.3, -0.25) is 0 Å². The Bertz CT molecular complexity index is 451. The highest BCUT2D eigenvalue weighted by molar-refractivity contribution is 5.51. The van der Waals surface area contributed by atoms with Crippen LogP contribution in [-0.2, 0) is 0 Å². The lowest BCUT2D eigenvalue weighted by Gasteiger charge is -2.45. The fraction of sp³-hybridized carbons (Fsp3) is 0.571. The zero-order chi connectivity index (χ0) is 14.2. The molecule has 0 radical (unpaired) electrons. The first-order valence-electron chi connectivity index (χ1n) is 6.50. The minimum atomic E-state index is -0.888. The summed E-state index contributed by atoms with van der Waals surface area (Å²) in [4.78, 5) is 1.71. The first-order valence-corrected chi connectivity index (χ1v) is 6.50. The molecule has 0 aliphatic carbocycles. The number of nitrogens with zero attached hydrogens (tertiary/aromatic N) is 1. The minimum absolute atomic E-state index is 0.00230. The maximum atomic E-state index is 13.9. The van der Waals surface area contributed by atoms with Gasteiger partial charge in [-0.1, -0.05) is 6.92 Å². The first kappa shape index (κ1) is 14.2. The van der Waals surface area contributed by atoms with Crippen molar-refractivity contribution < 1.29 is 13.2 Å². The van der Waals surface area contributed by atoms with E-state index < -0.39 is 17.5 Å². The zero-order valence-electron chi connectivity index (χ0n) is 11.4. The fourth-order valence-electron chi connectivity index (χ4n) is 2.55. The van der Waals surface area contributed by atoms with Gasteiger partial charge in [0.2, 0.25) is 0 Å². The van der Waals surface area contributed by atoms with Crippen molar-refractivity contribution in [1.29, 1.82) is 0 Å². The van der Waals surface area contributed by atoms with Crippen molar-refractivity contribution in [2.45, 2.75) is 38.8 Å². The van der Waals surface area contributed by atoms with Gasteiger partial charge in [0.15, 0.2) is 11.6 Å². The van der Waals surface area contributed by atoms with Crippen LogP contribution in [0.2, 0.25) is 0 Å². The molecular weight excluding hydrogens is 253 g/mol. The number of halogens is 3. The predicted octanol–water partition coefficient (Wildman–Crippen LogP) is 3.07. The molecule has 0 saturated carbocycles. The monoisotopic (exact) mass is 272 g/mol. The van der Waals surface area contributed by atoms with Crippen molar-refractivity contribution in [2.24, 2.45) is 0 Å². The standard InChI is InChI=1S/C14H19F3N2/c1-4-10-7-18-14(2,3)8-19(10)13-11(16)5-9(15)6-12(13)17/h5-6,10,18H,4,7-8H2,1-3H3. The molecule has 1 atom stereocenters. The molecule has 0 bridgehead atoms. The lowest BCUT2D eigenvalue weighted by Crippen LogP contribution is -2.62. The maximum Gasteiger partial charge on any atom is 0.152 e. The second kappa shape index (κ2) is 5.04. The Morgan fingerprint density at radius 3 is 2.37 bits per heavy atom. The van der Waals surface area contributed by atoms with E-state index in [1.807, 2.05) is 20.8 Å². The molecule has 1 heterocycles. The van der Waals surface area contributed by atoms with Crippen LogP contribution >= 0.6 is 0 Å². The molecule has 106 valence electrons. The highest BCUT2D eigenvalue weighted by Gasteiger charge is 2.34. The fourth-order valence-corrected chi connectivity index (χ4v) is 2.55. The maximum absolute atomic E-state index is 13.9. The number of piperazine rings is 1. The lowest BCUT2D eigenvalue weighted by atomic mass is 9.96. The van der Waals surface area contributed by atoms with Gasteiger partial charge in [-0.05, 0) is 20.3 Å².